The number of barbiturate groups is 1. The van der Waals surface area contributed by atoms with Gasteiger partial charge in [-0.2, -0.15) is 0 Å². The minimum atomic E-state index is -1.37. The number of halogens is 1. The van der Waals surface area contributed by atoms with Crippen molar-refractivity contribution < 1.29 is 14.4 Å². The summed E-state index contributed by atoms with van der Waals surface area (Å²) in [6, 6.07) is 10.2. The fourth-order valence-electron chi connectivity index (χ4n) is 4.03. The second-order valence-corrected chi connectivity index (χ2v) is 7.99. The molecule has 2 aromatic carbocycles. The molecule has 7 heteroatoms. The maximum atomic E-state index is 13.5. The van der Waals surface area contributed by atoms with Gasteiger partial charge in [0.15, 0.2) is 5.41 Å². The Balaban J connectivity index is 1.81. The van der Waals surface area contributed by atoms with Crippen LogP contribution in [-0.2, 0) is 16.0 Å². The Bertz CT molecular complexity index is 1040. The molecule has 0 unspecified atom stereocenters. The summed E-state index contributed by atoms with van der Waals surface area (Å²) in [7, 11) is 1.85. The predicted molar refractivity (Wildman–Crippen MR) is 108 cm³/mol. The molecule has 2 heterocycles. The number of nitrogens with zero attached hydrogens (tertiary/aromatic N) is 2. The van der Waals surface area contributed by atoms with E-state index < -0.39 is 23.3 Å². The molecule has 0 aliphatic carbocycles. The van der Waals surface area contributed by atoms with Crippen LogP contribution in [0.2, 0.25) is 5.02 Å². The molecule has 0 aromatic heterocycles. The number of hydrogen-bond donors (Lipinski definition) is 1. The van der Waals surface area contributed by atoms with Gasteiger partial charge in [0.2, 0.25) is 5.91 Å². The van der Waals surface area contributed by atoms with E-state index in [0.29, 0.717) is 10.7 Å². The number of carbonyl (C=O) groups excluding carboxylic acids is 3. The third-order valence-corrected chi connectivity index (χ3v) is 5.94. The van der Waals surface area contributed by atoms with Crippen LogP contribution in [0.3, 0.4) is 0 Å². The SMILES string of the molecule is Cc1ccc2c(c1)C[C@@]1(CN2C)C(=O)NC(=O)N(c2ccc(C)c(Cl)c2)C1=O. The van der Waals surface area contributed by atoms with Crippen LogP contribution in [0.1, 0.15) is 16.7 Å². The summed E-state index contributed by atoms with van der Waals surface area (Å²) in [4.78, 5) is 41.9. The van der Waals surface area contributed by atoms with E-state index in [4.69, 9.17) is 11.6 Å². The van der Waals surface area contributed by atoms with Crippen molar-refractivity contribution in [1.29, 1.82) is 0 Å². The minimum Gasteiger partial charge on any atom is -0.373 e. The number of hydrogen-bond acceptors (Lipinski definition) is 4. The Labute approximate surface area is 168 Å². The van der Waals surface area contributed by atoms with Crippen LogP contribution in [0.5, 0.6) is 0 Å². The number of anilines is 2. The normalized spacial score (nSPS) is 21.8. The number of fused-ring (bicyclic) bond motifs is 1. The summed E-state index contributed by atoms with van der Waals surface area (Å²) in [6.07, 6.45) is 0.238. The van der Waals surface area contributed by atoms with E-state index >= 15 is 0 Å². The second kappa shape index (κ2) is 6.34. The smallest absolute Gasteiger partial charge is 0.335 e. The molecule has 1 N–H and O–H groups in total. The molecule has 0 saturated carbocycles. The molecule has 0 radical (unpaired) electrons. The van der Waals surface area contributed by atoms with Crippen molar-refractivity contribution in [2.24, 2.45) is 5.41 Å². The number of nitrogens with one attached hydrogen (secondary N) is 1. The number of aryl methyl sites for hydroxylation is 2. The zero-order valence-electron chi connectivity index (χ0n) is 15.9. The van der Waals surface area contributed by atoms with Crippen molar-refractivity contribution in [2.45, 2.75) is 20.3 Å². The summed E-state index contributed by atoms with van der Waals surface area (Å²) < 4.78 is 0. The molecule has 2 aliphatic heterocycles. The highest BCUT2D eigenvalue weighted by Crippen LogP contribution is 2.40. The lowest BCUT2D eigenvalue weighted by Crippen LogP contribution is -2.68. The van der Waals surface area contributed by atoms with Gasteiger partial charge in [-0.15, -0.1) is 0 Å². The van der Waals surface area contributed by atoms with Crippen molar-refractivity contribution >= 4 is 40.8 Å². The second-order valence-electron chi connectivity index (χ2n) is 7.58. The summed E-state index contributed by atoms with van der Waals surface area (Å²) in [5, 5.41) is 2.83. The molecule has 144 valence electrons. The molecule has 1 fully saturated rings. The Morgan fingerprint density at radius 1 is 1.07 bits per heavy atom. The highest BCUT2D eigenvalue weighted by Gasteiger charge is 2.56. The number of urea groups is 1. The third kappa shape index (κ3) is 2.67. The Morgan fingerprint density at radius 2 is 1.82 bits per heavy atom. The average Bonchev–Trinajstić information content (AvgIpc) is 2.63. The van der Waals surface area contributed by atoms with Gasteiger partial charge in [0.05, 0.1) is 5.69 Å². The number of carbonyl (C=O) groups is 3. The quantitative estimate of drug-likeness (QED) is 0.750. The molecule has 4 amide bonds. The molecule has 2 aliphatic rings. The van der Waals surface area contributed by atoms with Gasteiger partial charge in [0.1, 0.15) is 0 Å². The first-order chi connectivity index (χ1) is 13.2. The first-order valence-corrected chi connectivity index (χ1v) is 9.37. The molecule has 1 saturated heterocycles. The zero-order valence-corrected chi connectivity index (χ0v) is 16.6. The lowest BCUT2D eigenvalue weighted by Gasteiger charge is -2.45. The van der Waals surface area contributed by atoms with Crippen molar-refractivity contribution in [3.05, 3.63) is 58.1 Å². The van der Waals surface area contributed by atoms with Gasteiger partial charge in [-0.25, -0.2) is 9.69 Å². The molecule has 28 heavy (non-hydrogen) atoms. The van der Waals surface area contributed by atoms with Crippen molar-refractivity contribution in [3.63, 3.8) is 0 Å². The summed E-state index contributed by atoms with van der Waals surface area (Å²) in [6.45, 7) is 4.00. The van der Waals surface area contributed by atoms with E-state index in [-0.39, 0.29) is 13.0 Å². The Hall–Kier alpha value is -2.86. The molecule has 6 nitrogen and oxygen atoms in total. The van der Waals surface area contributed by atoms with Crippen molar-refractivity contribution in [1.82, 2.24) is 5.32 Å². The third-order valence-electron chi connectivity index (χ3n) is 5.53. The number of amides is 4. The summed E-state index contributed by atoms with van der Waals surface area (Å²) in [5.41, 5.74) is 2.75. The first kappa shape index (κ1) is 18.5. The molecule has 0 bridgehead atoms. The van der Waals surface area contributed by atoms with Crippen LogP contribution in [0, 0.1) is 19.3 Å². The van der Waals surface area contributed by atoms with Crippen LogP contribution in [0.25, 0.3) is 0 Å². The standard InChI is InChI=1S/C21H20ClN3O3/c1-12-4-7-17-14(8-12)10-21(11-24(17)3)18(26)23-20(28)25(19(21)27)15-6-5-13(2)16(22)9-15/h4-9H,10-11H2,1-3H3,(H,23,26,28)/t21-/m1/s1. The largest absolute Gasteiger partial charge is 0.373 e. The molecule has 2 aromatic rings. The van der Waals surface area contributed by atoms with Gasteiger partial charge in [-0.1, -0.05) is 35.4 Å². The number of benzene rings is 2. The maximum absolute atomic E-state index is 13.5. The predicted octanol–water partition coefficient (Wildman–Crippen LogP) is 3.22. The fraction of sp³-hybridized carbons (Fsp3) is 0.286. The molecule has 1 spiro atoms. The van der Waals surface area contributed by atoms with Crippen molar-refractivity contribution in [2.75, 3.05) is 23.4 Å². The molecule has 4 rings (SSSR count). The lowest BCUT2D eigenvalue weighted by atomic mass is 9.74. The Morgan fingerprint density at radius 3 is 2.54 bits per heavy atom. The molecular formula is C21H20ClN3O3. The van der Waals surface area contributed by atoms with Crippen LogP contribution in [0.4, 0.5) is 16.2 Å². The average molecular weight is 398 g/mol. The highest BCUT2D eigenvalue weighted by molar-refractivity contribution is 6.33. The van der Waals surface area contributed by atoms with Crippen molar-refractivity contribution in [3.8, 4) is 0 Å². The number of rotatable bonds is 1. The Kier molecular flexibility index (Phi) is 4.19. The summed E-state index contributed by atoms with van der Waals surface area (Å²) in [5.74, 6) is -1.09. The van der Waals surface area contributed by atoms with Crippen LogP contribution in [0.15, 0.2) is 36.4 Å². The van der Waals surface area contributed by atoms with Gasteiger partial charge in [0, 0.05) is 24.3 Å². The van der Waals surface area contributed by atoms with Gasteiger partial charge < -0.3 is 4.90 Å². The van der Waals surface area contributed by atoms with Gasteiger partial charge >= 0.3 is 6.03 Å². The monoisotopic (exact) mass is 397 g/mol. The minimum absolute atomic E-state index is 0.192. The fourth-order valence-corrected chi connectivity index (χ4v) is 4.20. The van der Waals surface area contributed by atoms with Gasteiger partial charge in [-0.3, -0.25) is 14.9 Å². The van der Waals surface area contributed by atoms with E-state index in [9.17, 15) is 14.4 Å². The van der Waals surface area contributed by atoms with E-state index in [1.165, 1.54) is 0 Å². The van der Waals surface area contributed by atoms with Crippen LogP contribution in [-0.4, -0.2) is 31.4 Å². The maximum Gasteiger partial charge on any atom is 0.335 e. The van der Waals surface area contributed by atoms with E-state index in [2.05, 4.69) is 5.32 Å². The lowest BCUT2D eigenvalue weighted by molar-refractivity contribution is -0.142. The topological polar surface area (TPSA) is 69.7 Å². The van der Waals surface area contributed by atoms with Crippen LogP contribution < -0.4 is 15.1 Å². The van der Waals surface area contributed by atoms with Gasteiger partial charge in [0.25, 0.3) is 5.91 Å². The first-order valence-electron chi connectivity index (χ1n) is 9.00. The van der Waals surface area contributed by atoms with E-state index in [1.807, 2.05) is 44.0 Å². The zero-order chi connectivity index (χ0) is 20.2. The number of imide groups is 2. The van der Waals surface area contributed by atoms with E-state index in [0.717, 1.165) is 27.3 Å². The molecular weight excluding hydrogens is 378 g/mol. The van der Waals surface area contributed by atoms with Gasteiger partial charge in [-0.05, 0) is 49.6 Å². The van der Waals surface area contributed by atoms with Crippen LogP contribution >= 0.6 is 11.6 Å². The summed E-state index contributed by atoms with van der Waals surface area (Å²) >= 11 is 6.20. The highest BCUT2D eigenvalue weighted by atomic mass is 35.5. The van der Waals surface area contributed by atoms with E-state index in [1.54, 1.807) is 18.2 Å². The molecule has 1 atom stereocenters.